The molecule has 6 heteroatoms. The van der Waals surface area contributed by atoms with Gasteiger partial charge in [0, 0.05) is 31.6 Å². The molecule has 4 aliphatic rings. The van der Waals surface area contributed by atoms with E-state index >= 15 is 0 Å². The number of esters is 1. The molecule has 4 rings (SSSR count). The Labute approximate surface area is 167 Å². The number of ketones is 1. The zero-order valence-electron chi connectivity index (χ0n) is 17.6. The van der Waals surface area contributed by atoms with Gasteiger partial charge >= 0.3 is 5.97 Å². The Morgan fingerprint density at radius 3 is 2.61 bits per heavy atom. The normalized spacial score (nSPS) is 53.6. The number of carbonyl (C=O) groups excluding carboxylic acids is 2. The fourth-order valence-corrected chi connectivity index (χ4v) is 6.46. The van der Waals surface area contributed by atoms with Crippen molar-refractivity contribution in [3.63, 3.8) is 0 Å². The zero-order chi connectivity index (χ0) is 20.4. The molecule has 4 fully saturated rings. The minimum Gasteiger partial charge on any atom is -0.462 e. The minimum atomic E-state index is -1.01. The summed E-state index contributed by atoms with van der Waals surface area (Å²) in [7, 11) is 0. The molecule has 0 aromatic heterocycles. The van der Waals surface area contributed by atoms with Gasteiger partial charge in [-0.2, -0.15) is 0 Å². The van der Waals surface area contributed by atoms with E-state index in [1.807, 2.05) is 6.92 Å². The number of rotatable bonds is 1. The van der Waals surface area contributed by atoms with Crippen molar-refractivity contribution in [3.05, 3.63) is 0 Å². The van der Waals surface area contributed by atoms with Crippen LogP contribution in [-0.2, 0) is 23.8 Å². The number of ether oxygens (including phenoxy) is 3. The van der Waals surface area contributed by atoms with Gasteiger partial charge in [-0.05, 0) is 44.4 Å². The number of hydrogen-bond acceptors (Lipinski definition) is 6. The fraction of sp³-hybridized carbons (Fsp3) is 0.909. The van der Waals surface area contributed by atoms with E-state index in [2.05, 4.69) is 13.8 Å². The highest BCUT2D eigenvalue weighted by atomic mass is 16.6. The van der Waals surface area contributed by atoms with Gasteiger partial charge in [0.1, 0.15) is 11.7 Å². The summed E-state index contributed by atoms with van der Waals surface area (Å²) in [6.07, 6.45) is 1.19. The molecule has 3 aliphatic heterocycles. The van der Waals surface area contributed by atoms with Gasteiger partial charge in [0.25, 0.3) is 0 Å². The lowest BCUT2D eigenvalue weighted by molar-refractivity contribution is -0.165. The van der Waals surface area contributed by atoms with Crippen LogP contribution in [0.5, 0.6) is 0 Å². The molecule has 6 nitrogen and oxygen atoms in total. The third-order valence-corrected chi connectivity index (χ3v) is 7.93. The van der Waals surface area contributed by atoms with Gasteiger partial charge in [-0.25, -0.2) is 0 Å². The van der Waals surface area contributed by atoms with Crippen LogP contribution in [0, 0.1) is 29.6 Å². The predicted molar refractivity (Wildman–Crippen MR) is 101 cm³/mol. The van der Waals surface area contributed by atoms with Crippen molar-refractivity contribution in [3.8, 4) is 0 Å². The third-order valence-electron chi connectivity index (χ3n) is 7.93. The SMILES string of the molecule is CC(=O)O[C@H]1[C@H]2C3C[C@](C)(O)CCC(=O)[C@]4(C)OC[C@H](C)[C@H](C[C@H]1C)[C@@H]2[C@@H]4O3. The number of Topliss-reactive ketones (excluding diaryl/α,β-unsaturated/α-hetero) is 1. The highest BCUT2D eigenvalue weighted by Gasteiger charge is 2.65. The van der Waals surface area contributed by atoms with Gasteiger partial charge in [-0.3, -0.25) is 9.59 Å². The van der Waals surface area contributed by atoms with Crippen molar-refractivity contribution < 1.29 is 28.9 Å². The van der Waals surface area contributed by atoms with Crippen LogP contribution in [-0.4, -0.2) is 53.0 Å². The Bertz CT molecular complexity index is 659. The Morgan fingerprint density at radius 1 is 1.21 bits per heavy atom. The molecule has 3 heterocycles. The summed E-state index contributed by atoms with van der Waals surface area (Å²) in [6.45, 7) is 9.96. The van der Waals surface area contributed by atoms with E-state index in [1.165, 1.54) is 6.92 Å². The van der Waals surface area contributed by atoms with Crippen molar-refractivity contribution >= 4 is 11.8 Å². The molecule has 0 amide bonds. The third kappa shape index (κ3) is 3.12. The monoisotopic (exact) mass is 394 g/mol. The molecule has 2 bridgehead atoms. The molecule has 0 aromatic rings. The summed E-state index contributed by atoms with van der Waals surface area (Å²) in [6, 6.07) is 0. The molecule has 1 saturated carbocycles. The molecule has 1 unspecified atom stereocenters. The highest BCUT2D eigenvalue weighted by Crippen LogP contribution is 2.57. The highest BCUT2D eigenvalue weighted by molar-refractivity contribution is 5.88. The summed E-state index contributed by atoms with van der Waals surface area (Å²) >= 11 is 0. The average Bonchev–Trinajstić information content (AvgIpc) is 2.94. The van der Waals surface area contributed by atoms with E-state index in [4.69, 9.17) is 14.2 Å². The van der Waals surface area contributed by atoms with Gasteiger partial charge < -0.3 is 19.3 Å². The van der Waals surface area contributed by atoms with Crippen LogP contribution in [0.4, 0.5) is 0 Å². The van der Waals surface area contributed by atoms with Crippen LogP contribution >= 0.6 is 0 Å². The van der Waals surface area contributed by atoms with E-state index in [0.717, 1.165) is 6.42 Å². The van der Waals surface area contributed by atoms with Crippen LogP contribution in [0.25, 0.3) is 0 Å². The van der Waals surface area contributed by atoms with Crippen LogP contribution in [0.2, 0.25) is 0 Å². The van der Waals surface area contributed by atoms with Crippen molar-refractivity contribution in [2.45, 2.75) is 89.8 Å². The number of fused-ring (bicyclic) bond motifs is 2. The molecule has 10 atom stereocenters. The van der Waals surface area contributed by atoms with Crippen molar-refractivity contribution in [2.24, 2.45) is 29.6 Å². The molecular formula is C22H34O6. The van der Waals surface area contributed by atoms with Crippen LogP contribution in [0.15, 0.2) is 0 Å². The predicted octanol–water partition coefficient (Wildman–Crippen LogP) is 2.50. The lowest BCUT2D eigenvalue weighted by atomic mass is 9.59. The van der Waals surface area contributed by atoms with E-state index in [9.17, 15) is 14.7 Å². The molecule has 0 spiro atoms. The van der Waals surface area contributed by atoms with Gasteiger partial charge in [-0.1, -0.05) is 13.8 Å². The van der Waals surface area contributed by atoms with Crippen LogP contribution in [0.1, 0.15) is 60.3 Å². The first kappa shape index (κ1) is 20.3. The summed E-state index contributed by atoms with van der Waals surface area (Å²) in [5.41, 5.74) is -2.01. The van der Waals surface area contributed by atoms with Crippen LogP contribution < -0.4 is 0 Å². The molecule has 3 saturated heterocycles. The van der Waals surface area contributed by atoms with Gasteiger partial charge in [-0.15, -0.1) is 0 Å². The number of aliphatic hydroxyl groups is 1. The summed E-state index contributed by atoms with van der Waals surface area (Å²) < 4.78 is 18.7. The second kappa shape index (κ2) is 6.78. The molecule has 1 aliphatic carbocycles. The van der Waals surface area contributed by atoms with E-state index in [-0.39, 0.29) is 54.2 Å². The Balaban J connectivity index is 1.83. The summed E-state index contributed by atoms with van der Waals surface area (Å²) in [4.78, 5) is 25.1. The maximum atomic E-state index is 13.2. The van der Waals surface area contributed by atoms with Gasteiger partial charge in [0.2, 0.25) is 0 Å². The van der Waals surface area contributed by atoms with E-state index in [1.54, 1.807) is 6.92 Å². The first-order valence-electron chi connectivity index (χ1n) is 10.8. The zero-order valence-corrected chi connectivity index (χ0v) is 17.6. The second-order valence-electron chi connectivity index (χ2n) is 10.2. The number of hydrogen-bond donors (Lipinski definition) is 1. The van der Waals surface area contributed by atoms with Crippen LogP contribution in [0.3, 0.4) is 0 Å². The Morgan fingerprint density at radius 2 is 1.93 bits per heavy atom. The van der Waals surface area contributed by atoms with Crippen molar-refractivity contribution in [1.82, 2.24) is 0 Å². The van der Waals surface area contributed by atoms with E-state index < -0.39 is 11.2 Å². The fourth-order valence-electron chi connectivity index (χ4n) is 6.46. The van der Waals surface area contributed by atoms with Crippen molar-refractivity contribution in [2.75, 3.05) is 6.61 Å². The largest absolute Gasteiger partial charge is 0.462 e. The minimum absolute atomic E-state index is 0.00887. The van der Waals surface area contributed by atoms with Gasteiger partial charge in [0.15, 0.2) is 5.78 Å². The maximum absolute atomic E-state index is 13.2. The van der Waals surface area contributed by atoms with Gasteiger partial charge in [0.05, 0.1) is 24.4 Å². The maximum Gasteiger partial charge on any atom is 0.302 e. The average molecular weight is 395 g/mol. The molecule has 0 radical (unpaired) electrons. The molecule has 158 valence electrons. The number of carbonyl (C=O) groups is 2. The summed E-state index contributed by atoms with van der Waals surface area (Å²) in [5.74, 6) is 0.641. The molecular weight excluding hydrogens is 360 g/mol. The van der Waals surface area contributed by atoms with E-state index in [0.29, 0.717) is 31.3 Å². The molecule has 1 N–H and O–H groups in total. The first-order chi connectivity index (χ1) is 13.0. The lowest BCUT2D eigenvalue weighted by Crippen LogP contribution is -2.55. The second-order valence-corrected chi connectivity index (χ2v) is 10.2. The van der Waals surface area contributed by atoms with Crippen molar-refractivity contribution in [1.29, 1.82) is 0 Å². The Kier molecular flexibility index (Phi) is 4.91. The summed E-state index contributed by atoms with van der Waals surface area (Å²) in [5, 5.41) is 11.0. The Hall–Kier alpha value is -0.980. The lowest BCUT2D eigenvalue weighted by Gasteiger charge is -2.46. The first-order valence-corrected chi connectivity index (χ1v) is 10.8. The topological polar surface area (TPSA) is 82.1 Å². The quantitative estimate of drug-likeness (QED) is 0.688. The molecule has 28 heavy (non-hydrogen) atoms. The smallest absolute Gasteiger partial charge is 0.302 e. The standard InChI is InChI=1S/C22H34O6/c1-11-8-14-12(2)10-26-22(5)16(24)6-7-21(4,25)9-15-18(17(14)20(22)28-15)19(11)27-13(3)23/h11-12,14-15,17-20,25H,6-10H2,1-5H3/t11-,12+,14+,15?,17+,18+,19-,20+,21-,22+/m1/s1. The molecule has 0 aromatic carbocycles.